The molecule has 2 fully saturated rings. The Morgan fingerprint density at radius 3 is 2.32 bits per heavy atom. The van der Waals surface area contributed by atoms with Crippen molar-refractivity contribution in [2.75, 3.05) is 26.2 Å². The van der Waals surface area contributed by atoms with Crippen LogP contribution in [-0.4, -0.2) is 38.9 Å². The Balaban J connectivity index is 1.81. The van der Waals surface area contributed by atoms with Crippen LogP contribution in [0.4, 0.5) is 13.2 Å². The first-order chi connectivity index (χ1) is 10.3. The molecule has 1 aromatic carbocycles. The third-order valence-corrected chi connectivity index (χ3v) is 6.17. The lowest BCUT2D eigenvalue weighted by Crippen LogP contribution is -2.33. The molecule has 8 heteroatoms. The van der Waals surface area contributed by atoms with E-state index in [4.69, 9.17) is 0 Å². The third kappa shape index (κ3) is 3.00. The summed E-state index contributed by atoms with van der Waals surface area (Å²) in [6, 6.07) is 4.86. The SMILES string of the molecule is O=S(=O)(Cc1ccccc1C(F)(F)F)N1C[C@H]2CNC[C@H]2C1. The van der Waals surface area contributed by atoms with E-state index in [1.807, 2.05) is 0 Å². The minimum atomic E-state index is -4.54. The van der Waals surface area contributed by atoms with E-state index in [0.717, 1.165) is 19.2 Å². The van der Waals surface area contributed by atoms with Crippen LogP contribution in [0.2, 0.25) is 0 Å². The molecule has 2 aliphatic rings. The third-order valence-electron chi connectivity index (χ3n) is 4.41. The first-order valence-electron chi connectivity index (χ1n) is 7.11. The van der Waals surface area contributed by atoms with Gasteiger partial charge >= 0.3 is 6.18 Å². The Kier molecular flexibility index (Phi) is 3.94. The standard InChI is InChI=1S/C14H17F3N2O2S/c15-14(16,17)13-4-2-1-3-10(13)9-22(20,21)19-7-11-5-18-6-12(11)8-19/h1-4,11-12,18H,5-9H2/t11-,12+. The molecule has 122 valence electrons. The molecule has 0 aliphatic carbocycles. The van der Waals surface area contributed by atoms with Gasteiger partial charge in [0, 0.05) is 13.1 Å². The fourth-order valence-electron chi connectivity index (χ4n) is 3.25. The van der Waals surface area contributed by atoms with Gasteiger partial charge in [-0.05, 0) is 36.6 Å². The van der Waals surface area contributed by atoms with Crippen LogP contribution in [0.5, 0.6) is 0 Å². The van der Waals surface area contributed by atoms with Crippen molar-refractivity contribution in [3.05, 3.63) is 35.4 Å². The van der Waals surface area contributed by atoms with Gasteiger partial charge in [-0.25, -0.2) is 12.7 Å². The fraction of sp³-hybridized carbons (Fsp3) is 0.571. The van der Waals surface area contributed by atoms with Gasteiger partial charge in [0.05, 0.1) is 11.3 Å². The van der Waals surface area contributed by atoms with E-state index in [1.54, 1.807) is 0 Å². The number of halogens is 3. The molecule has 2 heterocycles. The Labute approximate surface area is 127 Å². The molecule has 2 saturated heterocycles. The van der Waals surface area contributed by atoms with Crippen molar-refractivity contribution in [1.82, 2.24) is 9.62 Å². The van der Waals surface area contributed by atoms with Crippen LogP contribution in [0.15, 0.2) is 24.3 Å². The van der Waals surface area contributed by atoms with E-state index < -0.39 is 27.5 Å². The molecule has 4 nitrogen and oxygen atoms in total. The van der Waals surface area contributed by atoms with E-state index in [-0.39, 0.29) is 17.4 Å². The minimum Gasteiger partial charge on any atom is -0.316 e. The quantitative estimate of drug-likeness (QED) is 0.915. The molecule has 0 amide bonds. The van der Waals surface area contributed by atoms with Gasteiger partial charge in [-0.15, -0.1) is 0 Å². The average Bonchev–Trinajstić information content (AvgIpc) is 2.98. The Bertz CT molecular complexity index is 648. The van der Waals surface area contributed by atoms with E-state index in [1.165, 1.54) is 22.5 Å². The molecule has 0 radical (unpaired) electrons. The van der Waals surface area contributed by atoms with E-state index >= 15 is 0 Å². The number of hydrogen-bond acceptors (Lipinski definition) is 3. The van der Waals surface area contributed by atoms with Crippen LogP contribution in [0.25, 0.3) is 0 Å². The smallest absolute Gasteiger partial charge is 0.316 e. The van der Waals surface area contributed by atoms with Crippen LogP contribution in [0, 0.1) is 11.8 Å². The van der Waals surface area contributed by atoms with Crippen LogP contribution in [0.3, 0.4) is 0 Å². The highest BCUT2D eigenvalue weighted by Gasteiger charge is 2.42. The average molecular weight is 334 g/mol. The van der Waals surface area contributed by atoms with E-state index in [9.17, 15) is 21.6 Å². The Morgan fingerprint density at radius 2 is 1.73 bits per heavy atom. The monoisotopic (exact) mass is 334 g/mol. The van der Waals surface area contributed by atoms with Crippen molar-refractivity contribution < 1.29 is 21.6 Å². The van der Waals surface area contributed by atoms with Crippen LogP contribution in [-0.2, 0) is 22.0 Å². The van der Waals surface area contributed by atoms with Crippen LogP contribution >= 0.6 is 0 Å². The molecule has 0 unspecified atom stereocenters. The summed E-state index contributed by atoms with van der Waals surface area (Å²) in [6.45, 7) is 2.34. The zero-order valence-electron chi connectivity index (χ0n) is 11.8. The number of rotatable bonds is 3. The maximum Gasteiger partial charge on any atom is 0.416 e. The lowest BCUT2D eigenvalue weighted by atomic mass is 10.0. The summed E-state index contributed by atoms with van der Waals surface area (Å²) in [4.78, 5) is 0. The minimum absolute atomic E-state index is 0.190. The molecular formula is C14H17F3N2O2S. The van der Waals surface area contributed by atoms with Crippen molar-refractivity contribution in [3.63, 3.8) is 0 Å². The summed E-state index contributed by atoms with van der Waals surface area (Å²) in [7, 11) is -3.73. The summed E-state index contributed by atoms with van der Waals surface area (Å²) in [5.74, 6) is -0.0597. The van der Waals surface area contributed by atoms with Crippen molar-refractivity contribution in [3.8, 4) is 0 Å². The largest absolute Gasteiger partial charge is 0.416 e. The predicted molar refractivity (Wildman–Crippen MR) is 75.5 cm³/mol. The number of sulfonamides is 1. The summed E-state index contributed by atoms with van der Waals surface area (Å²) >= 11 is 0. The lowest BCUT2D eigenvalue weighted by molar-refractivity contribution is -0.138. The summed E-state index contributed by atoms with van der Waals surface area (Å²) in [6.07, 6.45) is -4.54. The van der Waals surface area contributed by atoms with Crippen LogP contribution < -0.4 is 5.32 Å². The second-order valence-electron chi connectivity index (χ2n) is 5.91. The van der Waals surface area contributed by atoms with Crippen LogP contribution in [0.1, 0.15) is 11.1 Å². The summed E-state index contributed by atoms with van der Waals surface area (Å²) < 4.78 is 65.2. The zero-order chi connectivity index (χ0) is 16.0. The van der Waals surface area contributed by atoms with Gasteiger partial charge in [-0.3, -0.25) is 0 Å². The van der Waals surface area contributed by atoms with E-state index in [0.29, 0.717) is 13.1 Å². The predicted octanol–water partition coefficient (Wildman–Crippen LogP) is 1.69. The highest BCUT2D eigenvalue weighted by atomic mass is 32.2. The molecule has 22 heavy (non-hydrogen) atoms. The molecule has 0 aromatic heterocycles. The molecule has 1 N–H and O–H groups in total. The molecule has 2 atom stereocenters. The van der Waals surface area contributed by atoms with Gasteiger partial charge in [0.2, 0.25) is 10.0 Å². The van der Waals surface area contributed by atoms with Gasteiger partial charge in [-0.2, -0.15) is 13.2 Å². The zero-order valence-corrected chi connectivity index (χ0v) is 12.6. The van der Waals surface area contributed by atoms with Crippen molar-refractivity contribution in [1.29, 1.82) is 0 Å². The van der Waals surface area contributed by atoms with Crippen molar-refractivity contribution in [2.24, 2.45) is 11.8 Å². The molecule has 0 bridgehead atoms. The number of nitrogens with zero attached hydrogens (tertiary/aromatic N) is 1. The van der Waals surface area contributed by atoms with Gasteiger partial charge < -0.3 is 5.32 Å². The summed E-state index contributed by atoms with van der Waals surface area (Å²) in [5.41, 5.74) is -1.06. The van der Waals surface area contributed by atoms with Gasteiger partial charge in [0.1, 0.15) is 0 Å². The number of nitrogens with one attached hydrogen (secondary N) is 1. The first-order valence-corrected chi connectivity index (χ1v) is 8.72. The second kappa shape index (κ2) is 5.50. The first kappa shape index (κ1) is 15.8. The maximum atomic E-state index is 13.0. The topological polar surface area (TPSA) is 49.4 Å². The number of benzene rings is 1. The normalized spacial score (nSPS) is 26.3. The number of alkyl halides is 3. The molecule has 3 rings (SSSR count). The van der Waals surface area contributed by atoms with Gasteiger partial charge in [-0.1, -0.05) is 18.2 Å². The van der Waals surface area contributed by atoms with E-state index in [2.05, 4.69) is 5.32 Å². The van der Waals surface area contributed by atoms with Crippen molar-refractivity contribution >= 4 is 10.0 Å². The Hall–Kier alpha value is -1.12. The maximum absolute atomic E-state index is 13.0. The number of hydrogen-bond donors (Lipinski definition) is 1. The van der Waals surface area contributed by atoms with Crippen molar-refractivity contribution in [2.45, 2.75) is 11.9 Å². The number of fused-ring (bicyclic) bond motifs is 1. The summed E-state index contributed by atoms with van der Waals surface area (Å²) in [5, 5.41) is 3.20. The van der Waals surface area contributed by atoms with Gasteiger partial charge in [0.25, 0.3) is 0 Å². The highest BCUT2D eigenvalue weighted by molar-refractivity contribution is 7.88. The second-order valence-corrected chi connectivity index (χ2v) is 7.88. The lowest BCUT2D eigenvalue weighted by Gasteiger charge is -2.19. The molecule has 2 aliphatic heterocycles. The fourth-order valence-corrected chi connectivity index (χ4v) is 4.91. The highest BCUT2D eigenvalue weighted by Crippen LogP contribution is 2.34. The van der Waals surface area contributed by atoms with Gasteiger partial charge in [0.15, 0.2) is 0 Å². The molecule has 0 saturated carbocycles. The molecule has 0 spiro atoms. The molecule has 1 aromatic rings. The molecular weight excluding hydrogens is 317 g/mol. The Morgan fingerprint density at radius 1 is 1.14 bits per heavy atom.